The monoisotopic (exact) mass is 426 g/mol. The number of ether oxygens (including phenoxy) is 1. The lowest BCUT2D eigenvalue weighted by Crippen LogP contribution is -2.31. The number of unbranched alkanes of at least 4 members (excludes halogenated alkanes) is 1. The molecule has 3 unspecified atom stereocenters. The Labute approximate surface area is 183 Å². The predicted octanol–water partition coefficient (Wildman–Crippen LogP) is 3.90. The second-order valence-corrected chi connectivity index (χ2v) is 8.33. The van der Waals surface area contributed by atoms with E-state index in [9.17, 15) is 9.59 Å². The molecule has 30 heavy (non-hydrogen) atoms. The second kappa shape index (κ2) is 8.50. The van der Waals surface area contributed by atoms with Crippen LogP contribution in [-0.2, 0) is 4.74 Å². The molecule has 0 saturated carbocycles. The molecule has 5 nitrogen and oxygen atoms in total. The fourth-order valence-electron chi connectivity index (χ4n) is 5.42. The number of halogens is 1. The van der Waals surface area contributed by atoms with Gasteiger partial charge in [-0.05, 0) is 42.6 Å². The molecule has 0 aromatic heterocycles. The zero-order valence-electron chi connectivity index (χ0n) is 17.1. The summed E-state index contributed by atoms with van der Waals surface area (Å²) in [4.78, 5) is 28.8. The highest BCUT2D eigenvalue weighted by atomic mass is 35.5. The molecule has 1 aliphatic carbocycles. The number of benzene rings is 2. The van der Waals surface area contributed by atoms with Crippen LogP contribution >= 0.6 is 12.4 Å². The van der Waals surface area contributed by atoms with E-state index in [1.165, 1.54) is 16.0 Å². The van der Waals surface area contributed by atoms with E-state index in [1.807, 2.05) is 19.2 Å². The first-order valence-corrected chi connectivity index (χ1v) is 10.5. The largest absolute Gasteiger partial charge is 0.376 e. The topological polar surface area (TPSA) is 49.9 Å². The van der Waals surface area contributed by atoms with E-state index in [-0.39, 0.29) is 30.3 Å². The maximum absolute atomic E-state index is 12.5. The number of methoxy groups -OCH3 is 1. The first-order valence-electron chi connectivity index (χ1n) is 10.5. The number of likely N-dealkylation sites (tertiary alicyclic amines) is 1. The Balaban J connectivity index is 0.00000218. The van der Waals surface area contributed by atoms with Gasteiger partial charge in [-0.15, -0.1) is 12.4 Å². The van der Waals surface area contributed by atoms with Crippen molar-refractivity contribution in [2.45, 2.75) is 24.9 Å². The van der Waals surface area contributed by atoms with Gasteiger partial charge in [0, 0.05) is 38.6 Å². The summed E-state index contributed by atoms with van der Waals surface area (Å²) in [7, 11) is 1.81. The standard InChI is InChI=1S/C24H26N2O3.ClH/c1-29-22-17-9-3-2-8-16(17)20-14-25(15-21(20)22)12-6-7-13-26-23(27)18-10-4-5-11-19(18)24(26)28;/h2-5,8-11,20-22H,6-7,12-15H2,1H3;1H. The second-order valence-electron chi connectivity index (χ2n) is 8.33. The highest BCUT2D eigenvalue weighted by Gasteiger charge is 2.46. The van der Waals surface area contributed by atoms with Crippen molar-refractivity contribution in [1.29, 1.82) is 0 Å². The van der Waals surface area contributed by atoms with Crippen molar-refractivity contribution in [2.24, 2.45) is 5.92 Å². The Morgan fingerprint density at radius 3 is 2.13 bits per heavy atom. The molecule has 3 atom stereocenters. The van der Waals surface area contributed by atoms with Crippen LogP contribution in [-0.4, -0.2) is 54.9 Å². The number of nitrogens with zero attached hydrogens (tertiary/aromatic N) is 2. The summed E-state index contributed by atoms with van der Waals surface area (Å²) < 4.78 is 5.84. The summed E-state index contributed by atoms with van der Waals surface area (Å²) in [6, 6.07) is 15.8. The predicted molar refractivity (Wildman–Crippen MR) is 117 cm³/mol. The van der Waals surface area contributed by atoms with Crippen LogP contribution < -0.4 is 0 Å². The number of amides is 2. The number of imide groups is 1. The highest BCUT2D eigenvalue weighted by Crippen LogP contribution is 2.50. The number of carbonyl (C=O) groups is 2. The number of fused-ring (bicyclic) bond motifs is 4. The average molecular weight is 427 g/mol. The van der Waals surface area contributed by atoms with Crippen molar-refractivity contribution >= 4 is 24.2 Å². The van der Waals surface area contributed by atoms with Gasteiger partial charge in [0.1, 0.15) is 0 Å². The van der Waals surface area contributed by atoms with Crippen LogP contribution in [0.5, 0.6) is 0 Å². The number of rotatable bonds is 6. The SMILES string of the molecule is COC1c2ccccc2C2CN(CCCCN3C(=O)c4ccccc4C3=O)CC21.Cl. The molecule has 158 valence electrons. The van der Waals surface area contributed by atoms with E-state index in [0.717, 1.165) is 32.5 Å². The molecule has 2 aliphatic heterocycles. The fourth-order valence-corrected chi connectivity index (χ4v) is 5.42. The zero-order chi connectivity index (χ0) is 20.0. The van der Waals surface area contributed by atoms with Crippen molar-refractivity contribution in [3.8, 4) is 0 Å². The molecule has 2 aromatic rings. The lowest BCUT2D eigenvalue weighted by molar-refractivity contribution is 0.0599. The zero-order valence-corrected chi connectivity index (χ0v) is 17.9. The van der Waals surface area contributed by atoms with Crippen LogP contribution in [0.1, 0.15) is 56.7 Å². The van der Waals surface area contributed by atoms with Gasteiger partial charge in [-0.1, -0.05) is 36.4 Å². The molecule has 1 fully saturated rings. The minimum atomic E-state index is -0.152. The van der Waals surface area contributed by atoms with Crippen molar-refractivity contribution < 1.29 is 14.3 Å². The molecule has 2 heterocycles. The van der Waals surface area contributed by atoms with E-state index in [1.54, 1.807) is 12.1 Å². The Hall–Kier alpha value is -2.21. The first kappa shape index (κ1) is 21.0. The van der Waals surface area contributed by atoms with E-state index in [0.29, 0.717) is 29.5 Å². The molecule has 3 aliphatic rings. The van der Waals surface area contributed by atoms with Crippen LogP contribution in [0, 0.1) is 5.92 Å². The smallest absolute Gasteiger partial charge is 0.261 e. The number of hydrogen-bond acceptors (Lipinski definition) is 4. The summed E-state index contributed by atoms with van der Waals surface area (Å²) in [5.41, 5.74) is 3.87. The van der Waals surface area contributed by atoms with Gasteiger partial charge in [-0.2, -0.15) is 0 Å². The maximum Gasteiger partial charge on any atom is 0.261 e. The third-order valence-electron chi connectivity index (χ3n) is 6.77. The van der Waals surface area contributed by atoms with Crippen LogP contribution in [0.4, 0.5) is 0 Å². The summed E-state index contributed by atoms with van der Waals surface area (Å²) in [6.07, 6.45) is 2.01. The lowest BCUT2D eigenvalue weighted by atomic mass is 9.96. The van der Waals surface area contributed by atoms with Gasteiger partial charge in [0.15, 0.2) is 0 Å². The quantitative estimate of drug-likeness (QED) is 0.519. The highest BCUT2D eigenvalue weighted by molar-refractivity contribution is 6.21. The Morgan fingerprint density at radius 1 is 0.867 bits per heavy atom. The van der Waals surface area contributed by atoms with Crippen molar-refractivity contribution in [2.75, 3.05) is 33.3 Å². The van der Waals surface area contributed by atoms with Crippen LogP contribution in [0.3, 0.4) is 0 Å². The van der Waals surface area contributed by atoms with E-state index < -0.39 is 0 Å². The van der Waals surface area contributed by atoms with Crippen molar-refractivity contribution in [1.82, 2.24) is 9.80 Å². The van der Waals surface area contributed by atoms with Gasteiger partial charge in [-0.25, -0.2) is 0 Å². The summed E-state index contributed by atoms with van der Waals surface area (Å²) in [6.45, 7) is 3.60. The van der Waals surface area contributed by atoms with E-state index in [2.05, 4.69) is 29.2 Å². The van der Waals surface area contributed by atoms with Crippen molar-refractivity contribution in [3.05, 3.63) is 70.8 Å². The summed E-state index contributed by atoms with van der Waals surface area (Å²) >= 11 is 0. The third-order valence-corrected chi connectivity index (χ3v) is 6.77. The van der Waals surface area contributed by atoms with Gasteiger partial charge in [0.05, 0.1) is 17.2 Å². The summed E-state index contributed by atoms with van der Waals surface area (Å²) in [5.74, 6) is 0.766. The average Bonchev–Trinajstić information content (AvgIpc) is 3.36. The summed E-state index contributed by atoms with van der Waals surface area (Å²) in [5, 5.41) is 0. The molecule has 0 radical (unpaired) electrons. The third kappa shape index (κ3) is 3.35. The molecule has 2 aromatic carbocycles. The van der Waals surface area contributed by atoms with Crippen molar-refractivity contribution in [3.63, 3.8) is 0 Å². The van der Waals surface area contributed by atoms with Gasteiger partial charge in [0.2, 0.25) is 0 Å². The normalized spacial score (nSPS) is 24.6. The molecular weight excluding hydrogens is 400 g/mol. The van der Waals surface area contributed by atoms with Crippen LogP contribution in [0.15, 0.2) is 48.5 Å². The Morgan fingerprint density at radius 2 is 1.47 bits per heavy atom. The minimum Gasteiger partial charge on any atom is -0.376 e. The lowest BCUT2D eigenvalue weighted by Gasteiger charge is -2.21. The molecule has 0 bridgehead atoms. The molecular formula is C24H27ClN2O3. The number of carbonyl (C=O) groups excluding carboxylic acids is 2. The van der Waals surface area contributed by atoms with Crippen LogP contribution in [0.25, 0.3) is 0 Å². The van der Waals surface area contributed by atoms with Gasteiger partial charge < -0.3 is 9.64 Å². The van der Waals surface area contributed by atoms with Crippen LogP contribution in [0.2, 0.25) is 0 Å². The fraction of sp³-hybridized carbons (Fsp3) is 0.417. The molecule has 0 N–H and O–H groups in total. The van der Waals surface area contributed by atoms with Gasteiger partial charge >= 0.3 is 0 Å². The minimum absolute atomic E-state index is 0. The number of hydrogen-bond donors (Lipinski definition) is 0. The molecule has 2 amide bonds. The molecule has 6 heteroatoms. The van der Waals surface area contributed by atoms with E-state index in [4.69, 9.17) is 4.74 Å². The first-order chi connectivity index (χ1) is 14.2. The Bertz CT molecular complexity index is 928. The molecule has 1 saturated heterocycles. The van der Waals surface area contributed by atoms with Gasteiger partial charge in [-0.3, -0.25) is 14.5 Å². The van der Waals surface area contributed by atoms with E-state index >= 15 is 0 Å². The Kier molecular flexibility index (Phi) is 5.96. The van der Waals surface area contributed by atoms with Gasteiger partial charge in [0.25, 0.3) is 11.8 Å². The maximum atomic E-state index is 12.5. The molecule has 0 spiro atoms. The molecule has 5 rings (SSSR count).